The van der Waals surface area contributed by atoms with Crippen LogP contribution in [-0.2, 0) is 0 Å². The van der Waals surface area contributed by atoms with E-state index in [4.69, 9.17) is 4.74 Å². The van der Waals surface area contributed by atoms with Gasteiger partial charge in [0.05, 0.1) is 18.5 Å². The molecular weight excluding hydrogens is 356 g/mol. The van der Waals surface area contributed by atoms with E-state index in [0.29, 0.717) is 6.61 Å². The van der Waals surface area contributed by atoms with E-state index in [2.05, 4.69) is 34.5 Å². The Morgan fingerprint density at radius 2 is 2.00 bits per heavy atom. The summed E-state index contributed by atoms with van der Waals surface area (Å²) < 4.78 is 5.79. The van der Waals surface area contributed by atoms with Gasteiger partial charge in [-0.15, -0.1) is 11.3 Å². The Kier molecular flexibility index (Phi) is 6.96. The van der Waals surface area contributed by atoms with Gasteiger partial charge in [0.15, 0.2) is 0 Å². The second-order valence-electron chi connectivity index (χ2n) is 6.35. The smallest absolute Gasteiger partial charge is 0.203 e. The molecular formula is C21H24N4OS. The van der Waals surface area contributed by atoms with Gasteiger partial charge in [0.1, 0.15) is 5.75 Å². The SMILES string of the molecule is CN(C)CCCOc1cccc(C=NNc2nc(-c3ccccc3)cs2)c1. The van der Waals surface area contributed by atoms with Crippen LogP contribution in [0.3, 0.4) is 0 Å². The van der Waals surface area contributed by atoms with E-state index in [1.807, 2.05) is 60.0 Å². The highest BCUT2D eigenvalue weighted by molar-refractivity contribution is 7.14. The van der Waals surface area contributed by atoms with Gasteiger partial charge in [-0.05, 0) is 38.2 Å². The third-order valence-electron chi connectivity index (χ3n) is 3.82. The van der Waals surface area contributed by atoms with Gasteiger partial charge in [-0.1, -0.05) is 42.5 Å². The molecule has 0 aliphatic heterocycles. The number of thiazole rings is 1. The summed E-state index contributed by atoms with van der Waals surface area (Å²) in [5.74, 6) is 0.860. The number of aromatic nitrogens is 1. The zero-order valence-electron chi connectivity index (χ0n) is 15.6. The summed E-state index contributed by atoms with van der Waals surface area (Å²) in [5.41, 5.74) is 6.03. The monoisotopic (exact) mass is 380 g/mol. The second-order valence-corrected chi connectivity index (χ2v) is 7.21. The quantitative estimate of drug-likeness (QED) is 0.335. The van der Waals surface area contributed by atoms with E-state index in [-0.39, 0.29) is 0 Å². The lowest BCUT2D eigenvalue weighted by Gasteiger charge is -2.10. The molecule has 0 bridgehead atoms. The molecule has 0 saturated carbocycles. The van der Waals surface area contributed by atoms with Gasteiger partial charge in [-0.2, -0.15) is 5.10 Å². The van der Waals surface area contributed by atoms with Gasteiger partial charge in [0.2, 0.25) is 5.13 Å². The van der Waals surface area contributed by atoms with Crippen LogP contribution in [0.15, 0.2) is 65.1 Å². The van der Waals surface area contributed by atoms with Crippen LogP contribution in [0.25, 0.3) is 11.3 Å². The van der Waals surface area contributed by atoms with Gasteiger partial charge in [0.25, 0.3) is 0 Å². The molecule has 0 spiro atoms. The molecule has 0 amide bonds. The van der Waals surface area contributed by atoms with Crippen LogP contribution in [0, 0.1) is 0 Å². The molecule has 0 fully saturated rings. The molecule has 6 heteroatoms. The number of benzene rings is 2. The van der Waals surface area contributed by atoms with Crippen molar-refractivity contribution in [2.45, 2.75) is 6.42 Å². The Bertz CT molecular complexity index is 861. The summed E-state index contributed by atoms with van der Waals surface area (Å²) in [6.07, 6.45) is 2.77. The van der Waals surface area contributed by atoms with Crippen molar-refractivity contribution in [3.8, 4) is 17.0 Å². The molecule has 0 saturated heterocycles. The van der Waals surface area contributed by atoms with Crippen LogP contribution in [0.1, 0.15) is 12.0 Å². The Labute approximate surface area is 164 Å². The first-order chi connectivity index (χ1) is 13.2. The van der Waals surface area contributed by atoms with Crippen molar-refractivity contribution in [2.24, 2.45) is 5.10 Å². The highest BCUT2D eigenvalue weighted by atomic mass is 32.1. The molecule has 5 nitrogen and oxygen atoms in total. The predicted molar refractivity (Wildman–Crippen MR) is 114 cm³/mol. The summed E-state index contributed by atoms with van der Waals surface area (Å²) in [4.78, 5) is 6.71. The van der Waals surface area contributed by atoms with Crippen molar-refractivity contribution < 1.29 is 4.74 Å². The molecule has 0 unspecified atom stereocenters. The minimum atomic E-state index is 0.707. The normalized spacial score (nSPS) is 11.2. The number of hydrogen-bond donors (Lipinski definition) is 1. The maximum absolute atomic E-state index is 5.79. The van der Waals surface area contributed by atoms with Crippen LogP contribution < -0.4 is 10.2 Å². The fourth-order valence-electron chi connectivity index (χ4n) is 2.48. The van der Waals surface area contributed by atoms with Gasteiger partial charge in [0, 0.05) is 17.5 Å². The third kappa shape index (κ3) is 6.20. The average Bonchev–Trinajstić information content (AvgIpc) is 3.15. The zero-order chi connectivity index (χ0) is 18.9. The summed E-state index contributed by atoms with van der Waals surface area (Å²) >= 11 is 1.53. The van der Waals surface area contributed by atoms with Crippen molar-refractivity contribution in [1.29, 1.82) is 0 Å². The summed E-state index contributed by atoms with van der Waals surface area (Å²) in [5, 5.41) is 7.08. The molecule has 0 aliphatic rings. The lowest BCUT2D eigenvalue weighted by molar-refractivity contribution is 0.281. The fraction of sp³-hybridized carbons (Fsp3) is 0.238. The molecule has 1 N–H and O–H groups in total. The van der Waals surface area contributed by atoms with Crippen molar-refractivity contribution in [3.05, 3.63) is 65.5 Å². The number of anilines is 1. The molecule has 3 rings (SSSR count). The standard InChI is InChI=1S/C21H24N4OS/c1-25(2)12-7-13-26-19-11-6-8-17(14-19)15-22-24-21-23-20(16-27-21)18-9-4-3-5-10-18/h3-6,8-11,14-16H,7,12-13H2,1-2H3,(H,23,24). The van der Waals surface area contributed by atoms with E-state index in [0.717, 1.165) is 40.7 Å². The van der Waals surface area contributed by atoms with Crippen molar-refractivity contribution in [2.75, 3.05) is 32.7 Å². The number of hydrazone groups is 1. The largest absolute Gasteiger partial charge is 0.494 e. The number of hydrogen-bond acceptors (Lipinski definition) is 6. The first-order valence-corrected chi connectivity index (χ1v) is 9.76. The van der Waals surface area contributed by atoms with Crippen LogP contribution >= 0.6 is 11.3 Å². The first-order valence-electron chi connectivity index (χ1n) is 8.88. The van der Waals surface area contributed by atoms with E-state index >= 15 is 0 Å². The van der Waals surface area contributed by atoms with Crippen LogP contribution in [0.5, 0.6) is 5.75 Å². The van der Waals surface area contributed by atoms with Crippen molar-refractivity contribution in [3.63, 3.8) is 0 Å². The minimum absolute atomic E-state index is 0.707. The second kappa shape index (κ2) is 9.85. The molecule has 1 aromatic heterocycles. The van der Waals surface area contributed by atoms with E-state index in [1.54, 1.807) is 6.21 Å². The molecule has 0 radical (unpaired) electrons. The van der Waals surface area contributed by atoms with Crippen LogP contribution in [-0.4, -0.2) is 43.3 Å². The third-order valence-corrected chi connectivity index (χ3v) is 4.57. The Hall–Kier alpha value is -2.70. The van der Waals surface area contributed by atoms with Gasteiger partial charge in [-0.25, -0.2) is 4.98 Å². The van der Waals surface area contributed by atoms with Gasteiger partial charge >= 0.3 is 0 Å². The van der Waals surface area contributed by atoms with Gasteiger partial charge in [-0.3, -0.25) is 5.43 Å². The molecule has 3 aromatic rings. The molecule has 0 atom stereocenters. The zero-order valence-corrected chi connectivity index (χ0v) is 16.4. The maximum Gasteiger partial charge on any atom is 0.203 e. The topological polar surface area (TPSA) is 49.8 Å². The maximum atomic E-state index is 5.79. The number of ether oxygens (including phenoxy) is 1. The highest BCUT2D eigenvalue weighted by Crippen LogP contribution is 2.24. The number of rotatable bonds is 9. The summed E-state index contributed by atoms with van der Waals surface area (Å²) in [7, 11) is 4.13. The van der Waals surface area contributed by atoms with Crippen LogP contribution in [0.2, 0.25) is 0 Å². The average molecular weight is 381 g/mol. The first kappa shape index (κ1) is 19.1. The molecule has 1 heterocycles. The Morgan fingerprint density at radius 3 is 2.81 bits per heavy atom. The number of nitrogens with zero attached hydrogens (tertiary/aromatic N) is 3. The number of nitrogens with one attached hydrogen (secondary N) is 1. The van der Waals surface area contributed by atoms with E-state index < -0.39 is 0 Å². The van der Waals surface area contributed by atoms with Crippen molar-refractivity contribution >= 4 is 22.7 Å². The van der Waals surface area contributed by atoms with E-state index in [1.165, 1.54) is 11.3 Å². The molecule has 2 aromatic carbocycles. The molecule has 140 valence electrons. The Balaban J connectivity index is 1.52. The van der Waals surface area contributed by atoms with Gasteiger partial charge < -0.3 is 9.64 Å². The van der Waals surface area contributed by atoms with E-state index in [9.17, 15) is 0 Å². The highest BCUT2D eigenvalue weighted by Gasteiger charge is 2.03. The fourth-order valence-corrected chi connectivity index (χ4v) is 3.15. The Morgan fingerprint density at radius 1 is 1.15 bits per heavy atom. The predicted octanol–water partition coefficient (Wildman–Crippen LogP) is 4.59. The minimum Gasteiger partial charge on any atom is -0.494 e. The lowest BCUT2D eigenvalue weighted by atomic mass is 10.2. The van der Waals surface area contributed by atoms with Crippen LogP contribution in [0.4, 0.5) is 5.13 Å². The lowest BCUT2D eigenvalue weighted by Crippen LogP contribution is -2.15. The summed E-state index contributed by atoms with van der Waals surface area (Å²) in [6.45, 7) is 1.72. The summed E-state index contributed by atoms with van der Waals surface area (Å²) in [6, 6.07) is 18.0. The molecule has 0 aliphatic carbocycles. The van der Waals surface area contributed by atoms with Crippen molar-refractivity contribution in [1.82, 2.24) is 9.88 Å². The molecule has 27 heavy (non-hydrogen) atoms.